The number of nitrogens with zero attached hydrogens (tertiary/aromatic N) is 3. The molecule has 1 amide bonds. The third kappa shape index (κ3) is 2.79. The fourth-order valence-corrected chi connectivity index (χ4v) is 1.85. The van der Waals surface area contributed by atoms with E-state index in [4.69, 9.17) is 0 Å². The second-order valence-electron chi connectivity index (χ2n) is 4.13. The SMILES string of the molecule is Cn1cnnc1CNC1CCCNC(=O)C1. The van der Waals surface area contributed by atoms with E-state index in [1.165, 1.54) is 0 Å². The molecule has 1 aliphatic rings. The van der Waals surface area contributed by atoms with Crippen molar-refractivity contribution in [1.29, 1.82) is 0 Å². The molecule has 1 saturated heterocycles. The minimum absolute atomic E-state index is 0.132. The Morgan fingerprint density at radius 3 is 3.31 bits per heavy atom. The van der Waals surface area contributed by atoms with Crippen molar-refractivity contribution in [1.82, 2.24) is 25.4 Å². The van der Waals surface area contributed by atoms with Crippen LogP contribution in [0.2, 0.25) is 0 Å². The van der Waals surface area contributed by atoms with Gasteiger partial charge in [-0.15, -0.1) is 10.2 Å². The molecule has 6 nitrogen and oxygen atoms in total. The van der Waals surface area contributed by atoms with Gasteiger partial charge in [-0.05, 0) is 12.8 Å². The fraction of sp³-hybridized carbons (Fsp3) is 0.700. The van der Waals surface area contributed by atoms with Gasteiger partial charge in [0.1, 0.15) is 12.2 Å². The minimum atomic E-state index is 0.132. The van der Waals surface area contributed by atoms with Crippen molar-refractivity contribution in [2.75, 3.05) is 6.54 Å². The molecule has 88 valence electrons. The topological polar surface area (TPSA) is 71.8 Å². The van der Waals surface area contributed by atoms with Crippen LogP contribution < -0.4 is 10.6 Å². The highest BCUT2D eigenvalue weighted by Gasteiger charge is 2.17. The summed E-state index contributed by atoms with van der Waals surface area (Å²) in [4.78, 5) is 11.3. The maximum atomic E-state index is 11.3. The molecule has 2 heterocycles. The lowest BCUT2D eigenvalue weighted by atomic mass is 10.1. The normalized spacial score (nSPS) is 21.6. The van der Waals surface area contributed by atoms with Crippen LogP contribution in [0.25, 0.3) is 0 Å². The Bertz CT molecular complexity index is 362. The van der Waals surface area contributed by atoms with Crippen LogP contribution in [0.5, 0.6) is 0 Å². The van der Waals surface area contributed by atoms with E-state index >= 15 is 0 Å². The van der Waals surface area contributed by atoms with Gasteiger partial charge < -0.3 is 15.2 Å². The molecule has 0 aromatic carbocycles. The highest BCUT2D eigenvalue weighted by Crippen LogP contribution is 2.06. The summed E-state index contributed by atoms with van der Waals surface area (Å²) in [5.41, 5.74) is 0. The van der Waals surface area contributed by atoms with E-state index in [9.17, 15) is 4.79 Å². The summed E-state index contributed by atoms with van der Waals surface area (Å²) in [6.45, 7) is 1.45. The minimum Gasteiger partial charge on any atom is -0.356 e. The Labute approximate surface area is 94.4 Å². The maximum Gasteiger partial charge on any atom is 0.221 e. The van der Waals surface area contributed by atoms with Crippen LogP contribution in [-0.2, 0) is 18.4 Å². The van der Waals surface area contributed by atoms with Crippen molar-refractivity contribution in [3.63, 3.8) is 0 Å². The molecular formula is C10H17N5O. The van der Waals surface area contributed by atoms with E-state index in [0.29, 0.717) is 13.0 Å². The highest BCUT2D eigenvalue weighted by molar-refractivity contribution is 5.76. The first-order chi connectivity index (χ1) is 7.75. The van der Waals surface area contributed by atoms with Gasteiger partial charge >= 0.3 is 0 Å². The van der Waals surface area contributed by atoms with Crippen molar-refractivity contribution < 1.29 is 4.79 Å². The summed E-state index contributed by atoms with van der Waals surface area (Å²) in [6, 6.07) is 0.249. The summed E-state index contributed by atoms with van der Waals surface area (Å²) in [5.74, 6) is 1.03. The van der Waals surface area contributed by atoms with Crippen LogP contribution in [0.1, 0.15) is 25.1 Å². The molecule has 1 aromatic rings. The van der Waals surface area contributed by atoms with Gasteiger partial charge in [0.2, 0.25) is 5.91 Å². The average Bonchev–Trinajstić information content (AvgIpc) is 2.54. The standard InChI is InChI=1S/C10H17N5O/c1-15-7-13-14-9(15)6-12-8-3-2-4-11-10(16)5-8/h7-8,12H,2-6H2,1H3,(H,11,16). The van der Waals surface area contributed by atoms with Gasteiger partial charge in [-0.2, -0.15) is 0 Å². The highest BCUT2D eigenvalue weighted by atomic mass is 16.1. The zero-order chi connectivity index (χ0) is 11.4. The fourth-order valence-electron chi connectivity index (χ4n) is 1.85. The predicted octanol–water partition coefficient (Wildman–Crippen LogP) is -0.427. The Morgan fingerprint density at radius 1 is 1.69 bits per heavy atom. The molecule has 0 aliphatic carbocycles. The summed E-state index contributed by atoms with van der Waals surface area (Å²) in [6.07, 6.45) is 4.29. The van der Waals surface area contributed by atoms with Crippen LogP contribution in [0.4, 0.5) is 0 Å². The number of amides is 1. The van der Waals surface area contributed by atoms with Crippen LogP contribution in [0.15, 0.2) is 6.33 Å². The number of aromatic nitrogens is 3. The van der Waals surface area contributed by atoms with Gasteiger partial charge in [0.05, 0.1) is 6.54 Å². The molecule has 1 aliphatic heterocycles. The molecule has 6 heteroatoms. The quantitative estimate of drug-likeness (QED) is 0.729. The molecule has 2 rings (SSSR count). The molecular weight excluding hydrogens is 206 g/mol. The lowest BCUT2D eigenvalue weighted by Gasteiger charge is -2.14. The van der Waals surface area contributed by atoms with E-state index in [-0.39, 0.29) is 11.9 Å². The van der Waals surface area contributed by atoms with Gasteiger partial charge in [0.15, 0.2) is 0 Å². The Hall–Kier alpha value is -1.43. The van der Waals surface area contributed by atoms with Gasteiger partial charge in [-0.25, -0.2) is 0 Å². The average molecular weight is 223 g/mol. The number of nitrogens with one attached hydrogen (secondary N) is 2. The largest absolute Gasteiger partial charge is 0.356 e. The van der Waals surface area contributed by atoms with Crippen LogP contribution in [0, 0.1) is 0 Å². The van der Waals surface area contributed by atoms with Gasteiger partial charge in [-0.3, -0.25) is 4.79 Å². The lowest BCUT2D eigenvalue weighted by Crippen LogP contribution is -2.32. The number of aryl methyl sites for hydroxylation is 1. The van der Waals surface area contributed by atoms with Gasteiger partial charge in [0.25, 0.3) is 0 Å². The van der Waals surface area contributed by atoms with Crippen molar-refractivity contribution in [3.8, 4) is 0 Å². The van der Waals surface area contributed by atoms with Crippen molar-refractivity contribution in [3.05, 3.63) is 12.2 Å². The second kappa shape index (κ2) is 5.07. The molecule has 0 bridgehead atoms. The molecule has 1 atom stereocenters. The monoisotopic (exact) mass is 223 g/mol. The molecule has 1 fully saturated rings. The van der Waals surface area contributed by atoms with Crippen molar-refractivity contribution in [2.45, 2.75) is 31.8 Å². The predicted molar refractivity (Wildman–Crippen MR) is 58.5 cm³/mol. The van der Waals surface area contributed by atoms with E-state index in [0.717, 1.165) is 25.2 Å². The van der Waals surface area contributed by atoms with Crippen LogP contribution in [-0.4, -0.2) is 33.3 Å². The number of hydrogen-bond acceptors (Lipinski definition) is 4. The first kappa shape index (κ1) is 11.1. The summed E-state index contributed by atoms with van der Waals surface area (Å²) < 4.78 is 1.88. The first-order valence-corrected chi connectivity index (χ1v) is 5.58. The zero-order valence-electron chi connectivity index (χ0n) is 9.44. The molecule has 2 N–H and O–H groups in total. The smallest absolute Gasteiger partial charge is 0.221 e. The molecule has 1 aromatic heterocycles. The Morgan fingerprint density at radius 2 is 2.56 bits per heavy atom. The zero-order valence-corrected chi connectivity index (χ0v) is 9.44. The molecule has 0 radical (unpaired) electrons. The summed E-state index contributed by atoms with van der Waals surface area (Å²) >= 11 is 0. The third-order valence-corrected chi connectivity index (χ3v) is 2.84. The number of carbonyl (C=O) groups excluding carboxylic acids is 1. The lowest BCUT2D eigenvalue weighted by molar-refractivity contribution is -0.121. The van der Waals surface area contributed by atoms with Crippen molar-refractivity contribution >= 4 is 5.91 Å². The first-order valence-electron chi connectivity index (χ1n) is 5.58. The number of carbonyl (C=O) groups is 1. The number of rotatable bonds is 3. The molecule has 1 unspecified atom stereocenters. The van der Waals surface area contributed by atoms with Gasteiger partial charge in [0, 0.05) is 26.1 Å². The van der Waals surface area contributed by atoms with E-state index in [1.807, 2.05) is 11.6 Å². The van der Waals surface area contributed by atoms with Crippen LogP contribution >= 0.6 is 0 Å². The van der Waals surface area contributed by atoms with E-state index in [1.54, 1.807) is 6.33 Å². The van der Waals surface area contributed by atoms with Gasteiger partial charge in [-0.1, -0.05) is 0 Å². The Balaban J connectivity index is 1.85. The van der Waals surface area contributed by atoms with E-state index in [2.05, 4.69) is 20.8 Å². The maximum absolute atomic E-state index is 11.3. The Kier molecular flexibility index (Phi) is 3.51. The van der Waals surface area contributed by atoms with Crippen molar-refractivity contribution in [2.24, 2.45) is 7.05 Å². The molecule has 0 spiro atoms. The molecule has 0 saturated carbocycles. The molecule has 16 heavy (non-hydrogen) atoms. The number of hydrogen-bond donors (Lipinski definition) is 2. The van der Waals surface area contributed by atoms with E-state index < -0.39 is 0 Å². The third-order valence-electron chi connectivity index (χ3n) is 2.84. The second-order valence-corrected chi connectivity index (χ2v) is 4.13. The summed E-state index contributed by atoms with van der Waals surface area (Å²) in [5, 5.41) is 14.0. The summed E-state index contributed by atoms with van der Waals surface area (Å²) in [7, 11) is 1.91. The van der Waals surface area contributed by atoms with Crippen LogP contribution in [0.3, 0.4) is 0 Å².